The number of hydrogen-bond donors (Lipinski definition) is 1. The van der Waals surface area contributed by atoms with E-state index in [9.17, 15) is 9.18 Å². The highest BCUT2D eigenvalue weighted by atomic mass is 19.1. The molecule has 4 heteroatoms. The number of halogens is 1. The van der Waals surface area contributed by atoms with Crippen LogP contribution < -0.4 is 10.1 Å². The van der Waals surface area contributed by atoms with Crippen molar-refractivity contribution < 1.29 is 13.9 Å². The first kappa shape index (κ1) is 16.7. The Kier molecular flexibility index (Phi) is 5.52. The van der Waals surface area contributed by atoms with Gasteiger partial charge in [-0.1, -0.05) is 35.9 Å². The number of nitrogens with one attached hydrogen (secondary N) is 1. The maximum atomic E-state index is 13.5. The Bertz CT molecular complexity index is 725. The van der Waals surface area contributed by atoms with Crippen LogP contribution in [0.1, 0.15) is 29.7 Å². The zero-order valence-corrected chi connectivity index (χ0v) is 13.5. The summed E-state index contributed by atoms with van der Waals surface area (Å²) in [5.41, 5.74) is 2.37. The predicted molar refractivity (Wildman–Crippen MR) is 89.7 cm³/mol. The van der Waals surface area contributed by atoms with E-state index in [1.54, 1.807) is 25.3 Å². The molecule has 0 unspecified atom stereocenters. The summed E-state index contributed by atoms with van der Waals surface area (Å²) in [6.45, 7) is 3.86. The highest BCUT2D eigenvalue weighted by molar-refractivity contribution is 5.92. The Labute approximate surface area is 135 Å². The van der Waals surface area contributed by atoms with Gasteiger partial charge in [0.25, 0.3) is 0 Å². The maximum Gasteiger partial charge on any atom is 0.244 e. The summed E-state index contributed by atoms with van der Waals surface area (Å²) in [6, 6.07) is 11.9. The van der Waals surface area contributed by atoms with Crippen molar-refractivity contribution in [2.45, 2.75) is 19.9 Å². The van der Waals surface area contributed by atoms with Crippen molar-refractivity contribution in [3.05, 3.63) is 71.0 Å². The Morgan fingerprint density at radius 1 is 1.26 bits per heavy atom. The zero-order valence-electron chi connectivity index (χ0n) is 13.5. The standard InChI is InChI=1S/C19H20FNO2/c1-13-8-10-18(23-3)16(12-13)14(2)21-19(22)11-9-15-6-4-5-7-17(15)20/h4-12,14H,1-3H3,(H,21,22)/b11-9+/t14-/m1/s1. The van der Waals surface area contributed by atoms with Gasteiger partial charge in [0.05, 0.1) is 13.2 Å². The summed E-state index contributed by atoms with van der Waals surface area (Å²) in [7, 11) is 1.60. The first-order valence-electron chi connectivity index (χ1n) is 7.39. The first-order chi connectivity index (χ1) is 11.0. The minimum atomic E-state index is -0.357. The number of hydrogen-bond acceptors (Lipinski definition) is 2. The van der Waals surface area contributed by atoms with E-state index in [1.165, 1.54) is 18.2 Å². The quantitative estimate of drug-likeness (QED) is 0.846. The van der Waals surface area contributed by atoms with Crippen LogP contribution in [0.25, 0.3) is 6.08 Å². The summed E-state index contributed by atoms with van der Waals surface area (Å²) >= 11 is 0. The second-order valence-electron chi connectivity index (χ2n) is 5.33. The maximum absolute atomic E-state index is 13.5. The van der Waals surface area contributed by atoms with Crippen molar-refractivity contribution in [1.82, 2.24) is 5.32 Å². The molecule has 0 fully saturated rings. The van der Waals surface area contributed by atoms with E-state index in [0.29, 0.717) is 5.56 Å². The van der Waals surface area contributed by atoms with Gasteiger partial charge in [-0.15, -0.1) is 0 Å². The molecule has 2 aromatic carbocycles. The van der Waals surface area contributed by atoms with Gasteiger partial charge in [-0.2, -0.15) is 0 Å². The molecule has 0 radical (unpaired) electrons. The van der Waals surface area contributed by atoms with E-state index in [4.69, 9.17) is 4.74 Å². The van der Waals surface area contributed by atoms with E-state index in [1.807, 2.05) is 32.0 Å². The molecule has 0 saturated carbocycles. The molecule has 0 aliphatic carbocycles. The molecule has 0 spiro atoms. The third kappa shape index (κ3) is 4.42. The molecule has 23 heavy (non-hydrogen) atoms. The third-order valence-electron chi connectivity index (χ3n) is 3.53. The molecular weight excluding hydrogens is 293 g/mol. The fourth-order valence-corrected chi connectivity index (χ4v) is 2.31. The molecule has 120 valence electrons. The molecule has 0 aliphatic heterocycles. The molecule has 2 rings (SSSR count). The van der Waals surface area contributed by atoms with E-state index in [2.05, 4.69) is 5.32 Å². The topological polar surface area (TPSA) is 38.3 Å². The van der Waals surface area contributed by atoms with Crippen LogP contribution in [0.2, 0.25) is 0 Å². The third-order valence-corrected chi connectivity index (χ3v) is 3.53. The second-order valence-corrected chi connectivity index (χ2v) is 5.33. The van der Waals surface area contributed by atoms with Gasteiger partial charge in [-0.25, -0.2) is 4.39 Å². The molecular formula is C19H20FNO2. The molecule has 1 amide bonds. The van der Waals surface area contributed by atoms with Crippen LogP contribution in [0.5, 0.6) is 5.75 Å². The van der Waals surface area contributed by atoms with Gasteiger partial charge in [0.15, 0.2) is 0 Å². The smallest absolute Gasteiger partial charge is 0.244 e. The van der Waals surface area contributed by atoms with E-state index >= 15 is 0 Å². The van der Waals surface area contributed by atoms with E-state index in [-0.39, 0.29) is 17.8 Å². The fraction of sp³-hybridized carbons (Fsp3) is 0.211. The Morgan fingerprint density at radius 2 is 2.00 bits per heavy atom. The van der Waals surface area contributed by atoms with Crippen molar-refractivity contribution in [1.29, 1.82) is 0 Å². The number of methoxy groups -OCH3 is 1. The molecule has 0 heterocycles. The number of aryl methyl sites for hydroxylation is 1. The number of ether oxygens (including phenoxy) is 1. The van der Waals surface area contributed by atoms with Crippen molar-refractivity contribution >= 4 is 12.0 Å². The van der Waals surface area contributed by atoms with E-state index in [0.717, 1.165) is 16.9 Å². The summed E-state index contributed by atoms with van der Waals surface area (Å²) in [4.78, 5) is 12.0. The summed E-state index contributed by atoms with van der Waals surface area (Å²) in [5.74, 6) is 0.0794. The van der Waals surface area contributed by atoms with E-state index < -0.39 is 0 Å². The van der Waals surface area contributed by atoms with Gasteiger partial charge in [0, 0.05) is 17.2 Å². The Hall–Kier alpha value is -2.62. The molecule has 2 aromatic rings. The number of rotatable bonds is 5. The lowest BCUT2D eigenvalue weighted by molar-refractivity contribution is -0.117. The van der Waals surface area contributed by atoms with Crippen LogP contribution in [-0.2, 0) is 4.79 Å². The minimum Gasteiger partial charge on any atom is -0.496 e. The van der Waals surface area contributed by atoms with Crippen LogP contribution in [0, 0.1) is 12.7 Å². The SMILES string of the molecule is COc1ccc(C)cc1[C@@H](C)NC(=O)/C=C/c1ccccc1F. The summed E-state index contributed by atoms with van der Waals surface area (Å²) < 4.78 is 18.8. The van der Waals surface area contributed by atoms with Crippen LogP contribution in [0.15, 0.2) is 48.5 Å². The highest BCUT2D eigenvalue weighted by Crippen LogP contribution is 2.26. The second kappa shape index (κ2) is 7.58. The zero-order chi connectivity index (χ0) is 16.8. The lowest BCUT2D eigenvalue weighted by atomic mass is 10.0. The van der Waals surface area contributed by atoms with Gasteiger partial charge >= 0.3 is 0 Å². The minimum absolute atomic E-state index is 0.220. The van der Waals surface area contributed by atoms with Crippen molar-refractivity contribution in [2.75, 3.05) is 7.11 Å². The van der Waals surface area contributed by atoms with Crippen molar-refractivity contribution in [3.8, 4) is 5.75 Å². The summed E-state index contributed by atoms with van der Waals surface area (Å²) in [5, 5.41) is 2.86. The number of benzene rings is 2. The van der Waals surface area contributed by atoms with Crippen LogP contribution in [0.3, 0.4) is 0 Å². The molecule has 1 atom stereocenters. The van der Waals surface area contributed by atoms with Crippen LogP contribution in [0.4, 0.5) is 4.39 Å². The average Bonchev–Trinajstić information content (AvgIpc) is 2.54. The lowest BCUT2D eigenvalue weighted by Crippen LogP contribution is -2.25. The highest BCUT2D eigenvalue weighted by Gasteiger charge is 2.13. The van der Waals surface area contributed by atoms with Gasteiger partial charge in [-0.3, -0.25) is 4.79 Å². The van der Waals surface area contributed by atoms with Gasteiger partial charge in [-0.05, 0) is 32.1 Å². The average molecular weight is 313 g/mol. The molecule has 0 saturated heterocycles. The normalized spacial score (nSPS) is 12.2. The Morgan fingerprint density at radius 3 is 2.70 bits per heavy atom. The fourth-order valence-electron chi connectivity index (χ4n) is 2.31. The van der Waals surface area contributed by atoms with Crippen LogP contribution in [-0.4, -0.2) is 13.0 Å². The van der Waals surface area contributed by atoms with Gasteiger partial charge in [0.2, 0.25) is 5.91 Å². The largest absolute Gasteiger partial charge is 0.496 e. The molecule has 3 nitrogen and oxygen atoms in total. The molecule has 0 aromatic heterocycles. The number of amides is 1. The van der Waals surface area contributed by atoms with Gasteiger partial charge < -0.3 is 10.1 Å². The Balaban J connectivity index is 2.08. The molecule has 0 aliphatic rings. The first-order valence-corrected chi connectivity index (χ1v) is 7.39. The summed E-state index contributed by atoms with van der Waals surface area (Å²) in [6.07, 6.45) is 2.79. The van der Waals surface area contributed by atoms with Crippen LogP contribution >= 0.6 is 0 Å². The van der Waals surface area contributed by atoms with Crippen molar-refractivity contribution in [3.63, 3.8) is 0 Å². The van der Waals surface area contributed by atoms with Gasteiger partial charge in [0.1, 0.15) is 11.6 Å². The molecule has 0 bridgehead atoms. The van der Waals surface area contributed by atoms with Crippen molar-refractivity contribution in [2.24, 2.45) is 0 Å². The number of carbonyl (C=O) groups excluding carboxylic acids is 1. The number of carbonyl (C=O) groups is 1. The predicted octanol–water partition coefficient (Wildman–Crippen LogP) is 4.03. The lowest BCUT2D eigenvalue weighted by Gasteiger charge is -2.17. The molecule has 1 N–H and O–H groups in total. The monoisotopic (exact) mass is 313 g/mol.